The number of carbonyl (C=O) groups is 2. The fraction of sp³-hybridized carbons (Fsp3) is 0.667. The Kier molecular flexibility index (Phi) is 5.19. The molecule has 0 heterocycles. The zero-order valence-electron chi connectivity index (χ0n) is 9.77. The lowest BCUT2D eigenvalue weighted by atomic mass is 9.87. The van der Waals surface area contributed by atoms with E-state index in [9.17, 15) is 9.59 Å². The molecule has 1 unspecified atom stereocenters. The average Bonchev–Trinajstić information content (AvgIpc) is 2.26. The number of aldehydes is 1. The Bertz CT molecular complexity index is 281. The van der Waals surface area contributed by atoms with E-state index in [1.165, 1.54) is 0 Å². The second-order valence-electron chi connectivity index (χ2n) is 4.30. The third-order valence-corrected chi connectivity index (χ3v) is 2.48. The first-order valence-electron chi connectivity index (χ1n) is 5.63. The lowest BCUT2D eigenvalue weighted by molar-refractivity contribution is -0.288. The summed E-state index contributed by atoms with van der Waals surface area (Å²) in [7, 11) is 0. The zero-order valence-corrected chi connectivity index (χ0v) is 9.77. The van der Waals surface area contributed by atoms with Crippen LogP contribution in [0.5, 0.6) is 0 Å². The molecule has 0 amide bonds. The highest BCUT2D eigenvalue weighted by atomic mass is 17.2. The number of hydrogen-bond donors (Lipinski definition) is 0. The second kappa shape index (κ2) is 6.43. The molecule has 4 heteroatoms. The van der Waals surface area contributed by atoms with Gasteiger partial charge in [-0.25, -0.2) is 4.79 Å². The van der Waals surface area contributed by atoms with E-state index in [1.807, 2.05) is 6.08 Å². The van der Waals surface area contributed by atoms with Gasteiger partial charge in [0.25, 0.3) is 0 Å². The molecule has 0 spiro atoms. The largest absolute Gasteiger partial charge is 0.368 e. The zero-order chi connectivity index (χ0) is 12.0. The summed E-state index contributed by atoms with van der Waals surface area (Å²) >= 11 is 0. The van der Waals surface area contributed by atoms with Gasteiger partial charge in [0.15, 0.2) is 0 Å². The lowest BCUT2D eigenvalue weighted by Gasteiger charge is -2.19. The van der Waals surface area contributed by atoms with Crippen LogP contribution in [0.2, 0.25) is 0 Å². The second-order valence-corrected chi connectivity index (χ2v) is 4.30. The summed E-state index contributed by atoms with van der Waals surface area (Å²) in [6, 6.07) is 0. The van der Waals surface area contributed by atoms with Gasteiger partial charge in [-0.15, -0.1) is 0 Å². The highest BCUT2D eigenvalue weighted by Gasteiger charge is 2.21. The van der Waals surface area contributed by atoms with Gasteiger partial charge < -0.3 is 4.79 Å². The van der Waals surface area contributed by atoms with Crippen molar-refractivity contribution in [3.63, 3.8) is 0 Å². The molecule has 0 N–H and O–H groups in total. The van der Waals surface area contributed by atoms with E-state index in [-0.39, 0.29) is 12.0 Å². The Balaban J connectivity index is 2.43. The summed E-state index contributed by atoms with van der Waals surface area (Å²) in [5.41, 5.74) is 0.624. The Morgan fingerprint density at radius 1 is 1.62 bits per heavy atom. The molecule has 1 aliphatic carbocycles. The molecule has 0 bridgehead atoms. The molecule has 0 saturated carbocycles. The van der Waals surface area contributed by atoms with E-state index < -0.39 is 5.97 Å². The molecule has 90 valence electrons. The maximum atomic E-state index is 11.5. The van der Waals surface area contributed by atoms with Crippen LogP contribution in [0, 0.1) is 5.92 Å². The maximum absolute atomic E-state index is 11.5. The van der Waals surface area contributed by atoms with E-state index in [2.05, 4.69) is 4.89 Å². The Morgan fingerprint density at radius 2 is 2.38 bits per heavy atom. The Hall–Kier alpha value is -1.16. The van der Waals surface area contributed by atoms with E-state index in [1.54, 1.807) is 13.8 Å². The van der Waals surface area contributed by atoms with Crippen molar-refractivity contribution < 1.29 is 19.4 Å². The van der Waals surface area contributed by atoms with Crippen molar-refractivity contribution in [2.24, 2.45) is 5.92 Å². The first-order valence-corrected chi connectivity index (χ1v) is 5.63. The van der Waals surface area contributed by atoms with Gasteiger partial charge in [-0.1, -0.05) is 6.08 Å². The fourth-order valence-corrected chi connectivity index (χ4v) is 1.69. The van der Waals surface area contributed by atoms with Crippen LogP contribution in [-0.4, -0.2) is 18.4 Å². The van der Waals surface area contributed by atoms with Gasteiger partial charge in [0.05, 0.1) is 6.10 Å². The number of rotatable bonds is 5. The minimum Gasteiger partial charge on any atom is -0.303 e. The summed E-state index contributed by atoms with van der Waals surface area (Å²) in [5.74, 6) is -0.159. The fourth-order valence-electron chi connectivity index (χ4n) is 1.69. The van der Waals surface area contributed by atoms with E-state index in [0.29, 0.717) is 18.4 Å². The monoisotopic (exact) mass is 226 g/mol. The Morgan fingerprint density at radius 3 is 3.00 bits per heavy atom. The summed E-state index contributed by atoms with van der Waals surface area (Å²) in [5, 5.41) is 0. The van der Waals surface area contributed by atoms with Gasteiger partial charge in [0.1, 0.15) is 6.29 Å². The number of carbonyl (C=O) groups excluding carboxylic acids is 2. The van der Waals surface area contributed by atoms with Crippen molar-refractivity contribution in [1.82, 2.24) is 0 Å². The molecule has 0 aliphatic heterocycles. The molecular formula is C12H18O4. The van der Waals surface area contributed by atoms with Crippen LogP contribution < -0.4 is 0 Å². The van der Waals surface area contributed by atoms with Crippen molar-refractivity contribution in [3.8, 4) is 0 Å². The van der Waals surface area contributed by atoms with Crippen molar-refractivity contribution >= 4 is 12.3 Å². The molecule has 0 aromatic rings. The number of hydrogen-bond acceptors (Lipinski definition) is 4. The predicted octanol–water partition coefficient (Wildman–Crippen LogP) is 2.19. The van der Waals surface area contributed by atoms with Crippen LogP contribution in [0.15, 0.2) is 11.6 Å². The Labute approximate surface area is 95.5 Å². The molecular weight excluding hydrogens is 208 g/mol. The van der Waals surface area contributed by atoms with Gasteiger partial charge in [-0.3, -0.25) is 4.89 Å². The quantitative estimate of drug-likeness (QED) is 0.409. The first kappa shape index (κ1) is 12.9. The van der Waals surface area contributed by atoms with Crippen molar-refractivity contribution in [2.75, 3.05) is 0 Å². The molecule has 0 fully saturated rings. The van der Waals surface area contributed by atoms with Gasteiger partial charge in [-0.2, -0.15) is 4.89 Å². The highest BCUT2D eigenvalue weighted by molar-refractivity contribution is 5.88. The van der Waals surface area contributed by atoms with E-state index in [4.69, 9.17) is 4.89 Å². The first-order chi connectivity index (χ1) is 7.63. The molecule has 0 saturated heterocycles. The molecule has 0 aromatic heterocycles. The van der Waals surface area contributed by atoms with E-state index in [0.717, 1.165) is 19.1 Å². The summed E-state index contributed by atoms with van der Waals surface area (Å²) in [4.78, 5) is 31.4. The molecule has 1 atom stereocenters. The van der Waals surface area contributed by atoms with Gasteiger partial charge in [-0.05, 0) is 39.0 Å². The van der Waals surface area contributed by atoms with Gasteiger partial charge in [0, 0.05) is 12.0 Å². The molecule has 16 heavy (non-hydrogen) atoms. The molecule has 4 nitrogen and oxygen atoms in total. The minimum atomic E-state index is -0.427. The normalized spacial score (nSPS) is 20.4. The SMILES string of the molecule is CC(C)OOC(=O)C1=CCCC(CC=O)C1. The van der Waals surface area contributed by atoms with Crippen LogP contribution in [0.3, 0.4) is 0 Å². The highest BCUT2D eigenvalue weighted by Crippen LogP contribution is 2.26. The molecule has 1 aliphatic rings. The van der Waals surface area contributed by atoms with Crippen LogP contribution in [-0.2, 0) is 19.4 Å². The number of allylic oxidation sites excluding steroid dienone is 1. The van der Waals surface area contributed by atoms with Gasteiger partial charge >= 0.3 is 5.97 Å². The standard InChI is InChI=1S/C12H18O4/c1-9(2)15-16-12(14)11-5-3-4-10(8-11)6-7-13/h5,7,9-10H,3-4,6,8H2,1-2H3. The van der Waals surface area contributed by atoms with Crippen LogP contribution >= 0.6 is 0 Å². The van der Waals surface area contributed by atoms with Crippen LogP contribution in [0.4, 0.5) is 0 Å². The minimum absolute atomic E-state index is 0.140. The van der Waals surface area contributed by atoms with Crippen LogP contribution in [0.25, 0.3) is 0 Å². The molecule has 1 rings (SSSR count). The van der Waals surface area contributed by atoms with Crippen molar-refractivity contribution in [3.05, 3.63) is 11.6 Å². The van der Waals surface area contributed by atoms with Crippen LogP contribution in [0.1, 0.15) is 39.5 Å². The van der Waals surface area contributed by atoms with E-state index >= 15 is 0 Å². The third kappa shape index (κ3) is 4.14. The van der Waals surface area contributed by atoms with Crippen molar-refractivity contribution in [2.45, 2.75) is 45.6 Å². The average molecular weight is 226 g/mol. The predicted molar refractivity (Wildman–Crippen MR) is 58.4 cm³/mol. The van der Waals surface area contributed by atoms with Gasteiger partial charge in [0.2, 0.25) is 0 Å². The summed E-state index contributed by atoms with van der Waals surface area (Å²) in [6.45, 7) is 3.58. The smallest absolute Gasteiger partial charge is 0.303 e. The lowest BCUT2D eigenvalue weighted by Crippen LogP contribution is -2.17. The third-order valence-electron chi connectivity index (χ3n) is 2.48. The van der Waals surface area contributed by atoms with Crippen molar-refractivity contribution in [1.29, 1.82) is 0 Å². The topological polar surface area (TPSA) is 52.6 Å². The summed E-state index contributed by atoms with van der Waals surface area (Å²) < 4.78 is 0. The molecule has 0 radical (unpaired) electrons. The molecule has 0 aromatic carbocycles. The maximum Gasteiger partial charge on any atom is 0.368 e. The summed E-state index contributed by atoms with van der Waals surface area (Å²) in [6.07, 6.45) is 5.54.